The average Bonchev–Trinajstić information content (AvgIpc) is 2.65. The first-order valence-electron chi connectivity index (χ1n) is 9.99. The highest BCUT2D eigenvalue weighted by Crippen LogP contribution is 2.16. The monoisotopic (exact) mass is 362 g/mol. The molecule has 26 heavy (non-hydrogen) atoms. The lowest BCUT2D eigenvalue weighted by Crippen LogP contribution is -2.35. The number of anilines is 1. The van der Waals surface area contributed by atoms with E-state index in [0.717, 1.165) is 31.4 Å². The number of amides is 2. The van der Waals surface area contributed by atoms with Crippen LogP contribution in [0, 0.1) is 0 Å². The maximum atomic E-state index is 11.9. The van der Waals surface area contributed by atoms with Crippen molar-refractivity contribution in [3.63, 3.8) is 0 Å². The molecular weight excluding hydrogens is 328 g/mol. The number of benzene rings is 1. The summed E-state index contributed by atoms with van der Waals surface area (Å²) >= 11 is 0. The third-order valence-corrected chi connectivity index (χ3v) is 4.15. The van der Waals surface area contributed by atoms with Gasteiger partial charge in [-0.1, -0.05) is 58.8 Å². The van der Waals surface area contributed by atoms with Gasteiger partial charge < -0.3 is 15.4 Å². The number of hydrogen-bond acceptors (Lipinski definition) is 3. The Morgan fingerprint density at radius 1 is 0.808 bits per heavy atom. The molecule has 0 unspecified atom stereocenters. The highest BCUT2D eigenvalue weighted by atomic mass is 16.5. The van der Waals surface area contributed by atoms with Crippen LogP contribution in [0.4, 0.5) is 5.69 Å². The van der Waals surface area contributed by atoms with Gasteiger partial charge in [-0.25, -0.2) is 0 Å². The van der Waals surface area contributed by atoms with Gasteiger partial charge in [0.2, 0.25) is 0 Å². The van der Waals surface area contributed by atoms with Gasteiger partial charge in [0.1, 0.15) is 5.75 Å². The van der Waals surface area contributed by atoms with Gasteiger partial charge in [-0.05, 0) is 37.1 Å². The van der Waals surface area contributed by atoms with Crippen molar-refractivity contribution in [2.45, 2.75) is 71.6 Å². The van der Waals surface area contributed by atoms with Crippen molar-refractivity contribution in [2.75, 3.05) is 18.5 Å². The first-order chi connectivity index (χ1) is 12.7. The van der Waals surface area contributed by atoms with Crippen LogP contribution in [0.25, 0.3) is 0 Å². The predicted molar refractivity (Wildman–Crippen MR) is 106 cm³/mol. The summed E-state index contributed by atoms with van der Waals surface area (Å²) in [5.41, 5.74) is 0.587. The maximum absolute atomic E-state index is 11.9. The van der Waals surface area contributed by atoms with Crippen molar-refractivity contribution in [1.82, 2.24) is 5.32 Å². The Hall–Kier alpha value is -2.04. The summed E-state index contributed by atoms with van der Waals surface area (Å²) in [6.07, 6.45) is 10.4. The Morgan fingerprint density at radius 2 is 1.42 bits per heavy atom. The summed E-state index contributed by atoms with van der Waals surface area (Å²) in [5, 5.41) is 5.28. The Balaban J connectivity index is 2.18. The third-order valence-electron chi connectivity index (χ3n) is 4.15. The largest absolute Gasteiger partial charge is 0.494 e. The first kappa shape index (κ1) is 22.0. The molecule has 0 saturated heterocycles. The fraction of sp³-hybridized carbons (Fsp3) is 0.619. The van der Waals surface area contributed by atoms with Crippen LogP contribution < -0.4 is 15.4 Å². The lowest BCUT2D eigenvalue weighted by Gasteiger charge is -2.08. The molecule has 0 aromatic heterocycles. The molecule has 0 bridgehead atoms. The Bertz CT molecular complexity index is 514. The van der Waals surface area contributed by atoms with Crippen LogP contribution in [0.2, 0.25) is 0 Å². The molecule has 0 fully saturated rings. The van der Waals surface area contributed by atoms with Crippen LogP contribution in [0.1, 0.15) is 71.6 Å². The van der Waals surface area contributed by atoms with Gasteiger partial charge in [0, 0.05) is 12.2 Å². The van der Waals surface area contributed by atoms with E-state index < -0.39 is 11.8 Å². The van der Waals surface area contributed by atoms with Gasteiger partial charge in [-0.2, -0.15) is 0 Å². The molecule has 1 rings (SSSR count). The van der Waals surface area contributed by atoms with Gasteiger partial charge in [0.05, 0.1) is 6.61 Å². The van der Waals surface area contributed by atoms with E-state index in [1.54, 1.807) is 24.3 Å². The van der Waals surface area contributed by atoms with Crippen LogP contribution in [-0.2, 0) is 9.59 Å². The number of carbonyl (C=O) groups is 2. The minimum Gasteiger partial charge on any atom is -0.494 e. The number of carbonyl (C=O) groups excluding carboxylic acids is 2. The van der Waals surface area contributed by atoms with E-state index in [4.69, 9.17) is 4.74 Å². The summed E-state index contributed by atoms with van der Waals surface area (Å²) in [7, 11) is 0. The van der Waals surface area contributed by atoms with E-state index in [2.05, 4.69) is 24.5 Å². The number of hydrogen-bond donors (Lipinski definition) is 2. The van der Waals surface area contributed by atoms with Gasteiger partial charge in [0.15, 0.2) is 0 Å². The zero-order valence-corrected chi connectivity index (χ0v) is 16.3. The highest BCUT2D eigenvalue weighted by Gasteiger charge is 2.12. The molecule has 0 aliphatic heterocycles. The quantitative estimate of drug-likeness (QED) is 0.396. The zero-order chi connectivity index (χ0) is 19.0. The van der Waals surface area contributed by atoms with Crippen LogP contribution >= 0.6 is 0 Å². The second-order valence-electron chi connectivity index (χ2n) is 6.56. The van der Waals surface area contributed by atoms with Crippen LogP contribution in [0.15, 0.2) is 24.3 Å². The normalized spacial score (nSPS) is 10.4. The van der Waals surface area contributed by atoms with E-state index >= 15 is 0 Å². The fourth-order valence-electron chi connectivity index (χ4n) is 2.52. The van der Waals surface area contributed by atoms with Crippen molar-refractivity contribution >= 4 is 17.5 Å². The van der Waals surface area contributed by atoms with Crippen molar-refractivity contribution in [3.8, 4) is 5.75 Å². The molecule has 0 heterocycles. The molecule has 0 aliphatic carbocycles. The molecule has 0 aliphatic rings. The molecule has 0 radical (unpaired) electrons. The highest BCUT2D eigenvalue weighted by molar-refractivity contribution is 6.39. The molecule has 146 valence electrons. The summed E-state index contributed by atoms with van der Waals surface area (Å²) in [6.45, 7) is 5.55. The van der Waals surface area contributed by atoms with Gasteiger partial charge in [-0.3, -0.25) is 9.59 Å². The van der Waals surface area contributed by atoms with E-state index in [-0.39, 0.29) is 0 Å². The summed E-state index contributed by atoms with van der Waals surface area (Å²) in [5.74, 6) is -0.452. The molecule has 0 atom stereocenters. The maximum Gasteiger partial charge on any atom is 0.313 e. The van der Waals surface area contributed by atoms with E-state index in [1.807, 2.05) is 0 Å². The van der Waals surface area contributed by atoms with Crippen molar-refractivity contribution in [2.24, 2.45) is 0 Å². The number of ether oxygens (including phenoxy) is 1. The van der Waals surface area contributed by atoms with Crippen LogP contribution in [-0.4, -0.2) is 25.0 Å². The standard InChI is InChI=1S/C21H34N2O3/c1-3-5-7-8-9-10-11-16-22-20(24)21(25)23-18-12-14-19(15-13-18)26-17-6-4-2/h12-15H,3-11,16-17H2,1-2H3,(H,22,24)(H,23,25). The number of unbranched alkanes of at least 4 members (excludes halogenated alkanes) is 7. The molecule has 1 aromatic rings. The van der Waals surface area contributed by atoms with E-state index in [0.29, 0.717) is 18.8 Å². The summed E-state index contributed by atoms with van der Waals surface area (Å²) < 4.78 is 5.57. The number of nitrogens with one attached hydrogen (secondary N) is 2. The molecule has 2 N–H and O–H groups in total. The lowest BCUT2D eigenvalue weighted by atomic mass is 10.1. The number of rotatable bonds is 13. The second-order valence-corrected chi connectivity index (χ2v) is 6.56. The molecule has 2 amide bonds. The van der Waals surface area contributed by atoms with E-state index in [9.17, 15) is 9.59 Å². The smallest absolute Gasteiger partial charge is 0.313 e. The van der Waals surface area contributed by atoms with E-state index in [1.165, 1.54) is 32.1 Å². The van der Waals surface area contributed by atoms with Gasteiger partial charge in [0.25, 0.3) is 0 Å². The topological polar surface area (TPSA) is 67.4 Å². The van der Waals surface area contributed by atoms with Gasteiger partial charge in [-0.15, -0.1) is 0 Å². The van der Waals surface area contributed by atoms with Crippen LogP contribution in [0.3, 0.4) is 0 Å². The molecule has 5 heteroatoms. The Labute approximate surface area is 157 Å². The second kappa shape index (κ2) is 14.2. The molecular formula is C21H34N2O3. The fourth-order valence-corrected chi connectivity index (χ4v) is 2.52. The SMILES string of the molecule is CCCCCCCCCNC(=O)C(=O)Nc1ccc(OCCCC)cc1. The van der Waals surface area contributed by atoms with Crippen LogP contribution in [0.5, 0.6) is 5.75 Å². The minimum absolute atomic E-state index is 0.546. The van der Waals surface area contributed by atoms with Crippen molar-refractivity contribution < 1.29 is 14.3 Å². The lowest BCUT2D eigenvalue weighted by molar-refractivity contribution is -0.136. The molecule has 5 nitrogen and oxygen atoms in total. The zero-order valence-electron chi connectivity index (χ0n) is 16.3. The molecule has 1 aromatic carbocycles. The average molecular weight is 363 g/mol. The molecule has 0 saturated carbocycles. The van der Waals surface area contributed by atoms with Crippen molar-refractivity contribution in [3.05, 3.63) is 24.3 Å². The Kier molecular flexibility index (Phi) is 12.0. The first-order valence-corrected chi connectivity index (χ1v) is 9.99. The summed E-state index contributed by atoms with van der Waals surface area (Å²) in [6, 6.07) is 7.06. The summed E-state index contributed by atoms with van der Waals surface area (Å²) in [4.78, 5) is 23.7. The Morgan fingerprint density at radius 3 is 2.08 bits per heavy atom. The predicted octanol–water partition coefficient (Wildman–Crippen LogP) is 4.67. The van der Waals surface area contributed by atoms with Gasteiger partial charge >= 0.3 is 11.8 Å². The minimum atomic E-state index is -0.632. The van der Waals surface area contributed by atoms with Crippen molar-refractivity contribution in [1.29, 1.82) is 0 Å². The third kappa shape index (κ3) is 10.1. The molecule has 0 spiro atoms.